The fourth-order valence-corrected chi connectivity index (χ4v) is 1.42. The van der Waals surface area contributed by atoms with Gasteiger partial charge in [-0.15, -0.1) is 12.4 Å². The zero-order valence-corrected chi connectivity index (χ0v) is 10.7. The predicted octanol–water partition coefficient (Wildman–Crippen LogP) is 2.65. The first kappa shape index (κ1) is 14.3. The van der Waals surface area contributed by atoms with Crippen LogP contribution in [-0.2, 0) is 4.79 Å². The van der Waals surface area contributed by atoms with E-state index in [1.165, 1.54) is 0 Å². The molecule has 0 aliphatic rings. The normalized spacial score (nSPS) is 11.4. The van der Waals surface area contributed by atoms with E-state index in [4.69, 9.17) is 10.2 Å². The molecular weight excluding hydrogens is 252 g/mol. The van der Waals surface area contributed by atoms with Gasteiger partial charge < -0.3 is 15.5 Å². The first-order valence-corrected chi connectivity index (χ1v) is 5.37. The molecule has 18 heavy (non-hydrogen) atoms. The van der Waals surface area contributed by atoms with E-state index in [1.54, 1.807) is 13.2 Å². The smallest absolute Gasteiger partial charge is 0.240 e. The van der Waals surface area contributed by atoms with Crippen LogP contribution in [0, 0.1) is 0 Å². The Bertz CT molecular complexity index is 492. The van der Waals surface area contributed by atoms with Gasteiger partial charge >= 0.3 is 0 Å². The summed E-state index contributed by atoms with van der Waals surface area (Å²) in [4.78, 5) is 11.4. The number of carbonyl (C=O) groups excluding carboxylic acids is 1. The Kier molecular flexibility index (Phi) is 4.95. The molecule has 0 bridgehead atoms. The van der Waals surface area contributed by atoms with Gasteiger partial charge in [0, 0.05) is 11.3 Å². The van der Waals surface area contributed by atoms with Crippen molar-refractivity contribution in [1.29, 1.82) is 0 Å². The largest absolute Gasteiger partial charge is 0.464 e. The van der Waals surface area contributed by atoms with Crippen molar-refractivity contribution in [3.8, 4) is 11.3 Å². The number of amides is 1. The van der Waals surface area contributed by atoms with Crippen LogP contribution in [0.1, 0.15) is 6.92 Å². The molecule has 0 aliphatic heterocycles. The summed E-state index contributed by atoms with van der Waals surface area (Å²) in [6, 6.07) is 10.6. The maximum absolute atomic E-state index is 11.4. The third kappa shape index (κ3) is 3.35. The second kappa shape index (κ2) is 6.23. The molecule has 3 N–H and O–H groups in total. The molecule has 1 amide bonds. The first-order valence-electron chi connectivity index (χ1n) is 5.37. The van der Waals surface area contributed by atoms with E-state index < -0.39 is 6.04 Å². The van der Waals surface area contributed by atoms with Crippen LogP contribution in [0.3, 0.4) is 0 Å². The predicted molar refractivity (Wildman–Crippen MR) is 73.7 cm³/mol. The number of nitrogens with one attached hydrogen (secondary N) is 1. The summed E-state index contributed by atoms with van der Waals surface area (Å²) in [5.41, 5.74) is 7.15. The highest BCUT2D eigenvalue weighted by Crippen LogP contribution is 2.21. The molecule has 0 radical (unpaired) electrons. The van der Waals surface area contributed by atoms with E-state index in [0.717, 1.165) is 17.0 Å². The highest BCUT2D eigenvalue weighted by atomic mass is 35.5. The lowest BCUT2D eigenvalue weighted by Crippen LogP contribution is -2.32. The van der Waals surface area contributed by atoms with Crippen molar-refractivity contribution in [2.24, 2.45) is 5.73 Å². The van der Waals surface area contributed by atoms with E-state index in [0.29, 0.717) is 0 Å². The number of hydrogen-bond donors (Lipinski definition) is 2. The molecule has 0 saturated heterocycles. The third-order valence-electron chi connectivity index (χ3n) is 2.37. The van der Waals surface area contributed by atoms with Crippen LogP contribution < -0.4 is 11.1 Å². The molecule has 0 unspecified atom stereocenters. The number of benzene rings is 1. The number of furan rings is 1. The fraction of sp³-hybridized carbons (Fsp3) is 0.154. The summed E-state index contributed by atoms with van der Waals surface area (Å²) >= 11 is 0. The lowest BCUT2D eigenvalue weighted by molar-refractivity contribution is -0.117. The van der Waals surface area contributed by atoms with Crippen molar-refractivity contribution in [2.45, 2.75) is 13.0 Å². The highest BCUT2D eigenvalue weighted by molar-refractivity contribution is 5.94. The quantitative estimate of drug-likeness (QED) is 0.897. The van der Waals surface area contributed by atoms with E-state index >= 15 is 0 Å². The van der Waals surface area contributed by atoms with Crippen molar-refractivity contribution in [3.63, 3.8) is 0 Å². The lowest BCUT2D eigenvalue weighted by atomic mass is 10.1. The topological polar surface area (TPSA) is 68.3 Å². The lowest BCUT2D eigenvalue weighted by Gasteiger charge is -2.07. The number of rotatable bonds is 3. The molecule has 2 rings (SSSR count). The van der Waals surface area contributed by atoms with Gasteiger partial charge in [0.2, 0.25) is 5.91 Å². The number of anilines is 1. The standard InChI is InChI=1S/C13H14N2O2.ClH/c1-9(14)13(16)15-11-6-4-10(5-7-11)12-3-2-8-17-12;/h2-9H,14H2,1H3,(H,15,16);1H/t9-;/m1./s1. The van der Waals surface area contributed by atoms with Crippen LogP contribution in [0.25, 0.3) is 11.3 Å². The Hall–Kier alpha value is -1.78. The van der Waals surface area contributed by atoms with Crippen molar-refractivity contribution >= 4 is 24.0 Å². The van der Waals surface area contributed by atoms with E-state index in [-0.39, 0.29) is 18.3 Å². The Morgan fingerprint density at radius 2 is 1.94 bits per heavy atom. The Balaban J connectivity index is 0.00000162. The maximum Gasteiger partial charge on any atom is 0.240 e. The van der Waals surface area contributed by atoms with Crippen LogP contribution in [0.15, 0.2) is 47.1 Å². The SMILES string of the molecule is C[C@@H](N)C(=O)Nc1ccc(-c2ccco2)cc1.Cl. The molecule has 0 fully saturated rings. The zero-order chi connectivity index (χ0) is 12.3. The van der Waals surface area contributed by atoms with Crippen LogP contribution in [0.2, 0.25) is 0 Å². The number of nitrogens with two attached hydrogens (primary N) is 1. The average Bonchev–Trinajstić information content (AvgIpc) is 2.83. The molecule has 1 aromatic carbocycles. The molecule has 1 atom stereocenters. The van der Waals surface area contributed by atoms with E-state index in [1.807, 2.05) is 36.4 Å². The van der Waals surface area contributed by atoms with Crippen molar-refractivity contribution in [1.82, 2.24) is 0 Å². The van der Waals surface area contributed by atoms with Gasteiger partial charge in [-0.2, -0.15) is 0 Å². The van der Waals surface area contributed by atoms with Crippen LogP contribution >= 0.6 is 12.4 Å². The monoisotopic (exact) mass is 266 g/mol. The van der Waals surface area contributed by atoms with Gasteiger partial charge in [0.25, 0.3) is 0 Å². The second-order valence-corrected chi connectivity index (χ2v) is 3.83. The number of carbonyl (C=O) groups is 1. The Morgan fingerprint density at radius 1 is 1.28 bits per heavy atom. The molecular formula is C13H15ClN2O2. The molecule has 4 nitrogen and oxygen atoms in total. The molecule has 0 saturated carbocycles. The van der Waals surface area contributed by atoms with Crippen molar-refractivity contribution in [3.05, 3.63) is 42.7 Å². The van der Waals surface area contributed by atoms with Gasteiger partial charge in [-0.1, -0.05) is 0 Å². The van der Waals surface area contributed by atoms with Crippen molar-refractivity contribution < 1.29 is 9.21 Å². The van der Waals surface area contributed by atoms with Gasteiger partial charge in [0.1, 0.15) is 5.76 Å². The summed E-state index contributed by atoms with van der Waals surface area (Å²) in [7, 11) is 0. The van der Waals surface area contributed by atoms with Crippen LogP contribution in [-0.4, -0.2) is 11.9 Å². The van der Waals surface area contributed by atoms with E-state index in [9.17, 15) is 4.79 Å². The van der Waals surface area contributed by atoms with Crippen LogP contribution in [0.4, 0.5) is 5.69 Å². The maximum atomic E-state index is 11.4. The summed E-state index contributed by atoms with van der Waals surface area (Å²) in [6.07, 6.45) is 1.63. The Labute approximate surface area is 112 Å². The number of hydrogen-bond acceptors (Lipinski definition) is 3. The first-order chi connectivity index (χ1) is 8.16. The second-order valence-electron chi connectivity index (χ2n) is 3.83. The van der Waals surface area contributed by atoms with Gasteiger partial charge in [0.15, 0.2) is 0 Å². The number of halogens is 1. The van der Waals surface area contributed by atoms with Gasteiger partial charge in [-0.3, -0.25) is 4.79 Å². The minimum absolute atomic E-state index is 0. The summed E-state index contributed by atoms with van der Waals surface area (Å²) in [5.74, 6) is 0.603. The molecule has 1 aromatic heterocycles. The Morgan fingerprint density at radius 3 is 2.44 bits per heavy atom. The minimum Gasteiger partial charge on any atom is -0.464 e. The summed E-state index contributed by atoms with van der Waals surface area (Å²) in [5, 5.41) is 2.72. The van der Waals surface area contributed by atoms with Crippen molar-refractivity contribution in [2.75, 3.05) is 5.32 Å². The molecule has 5 heteroatoms. The van der Waals surface area contributed by atoms with Crippen LogP contribution in [0.5, 0.6) is 0 Å². The minimum atomic E-state index is -0.514. The average molecular weight is 267 g/mol. The van der Waals surface area contributed by atoms with Gasteiger partial charge in [-0.25, -0.2) is 0 Å². The summed E-state index contributed by atoms with van der Waals surface area (Å²) in [6.45, 7) is 1.65. The highest BCUT2D eigenvalue weighted by Gasteiger charge is 2.07. The molecule has 96 valence electrons. The fourth-order valence-electron chi connectivity index (χ4n) is 1.42. The van der Waals surface area contributed by atoms with E-state index in [2.05, 4.69) is 5.32 Å². The third-order valence-corrected chi connectivity index (χ3v) is 2.37. The molecule has 0 spiro atoms. The molecule has 2 aromatic rings. The molecule has 1 heterocycles. The zero-order valence-electron chi connectivity index (χ0n) is 9.92. The van der Waals surface area contributed by atoms with Gasteiger partial charge in [0.05, 0.1) is 12.3 Å². The molecule has 0 aliphatic carbocycles. The van der Waals surface area contributed by atoms with Gasteiger partial charge in [-0.05, 0) is 43.3 Å². The summed E-state index contributed by atoms with van der Waals surface area (Å²) < 4.78 is 5.27.